The number of nitrogens with zero attached hydrogens (tertiary/aromatic N) is 3. The van der Waals surface area contributed by atoms with Crippen molar-refractivity contribution in [1.82, 2.24) is 14.7 Å². The van der Waals surface area contributed by atoms with E-state index in [9.17, 15) is 4.79 Å². The smallest absolute Gasteiger partial charge is 0.237 e. The van der Waals surface area contributed by atoms with Crippen LogP contribution in [0.5, 0.6) is 0 Å². The number of carbonyl (C=O) groups excluding carboxylic acids is 1. The van der Waals surface area contributed by atoms with Crippen molar-refractivity contribution in [3.05, 3.63) is 77.4 Å². The number of rotatable bonds is 6. The van der Waals surface area contributed by atoms with E-state index in [-0.39, 0.29) is 11.9 Å². The van der Waals surface area contributed by atoms with Gasteiger partial charge in [-0.05, 0) is 36.0 Å². The molecule has 1 fully saturated rings. The summed E-state index contributed by atoms with van der Waals surface area (Å²) in [6.45, 7) is 5.45. The van der Waals surface area contributed by atoms with Gasteiger partial charge >= 0.3 is 0 Å². The van der Waals surface area contributed by atoms with Crippen molar-refractivity contribution in [1.29, 1.82) is 0 Å². The molecule has 1 atom stereocenters. The van der Waals surface area contributed by atoms with Crippen molar-refractivity contribution < 1.29 is 4.79 Å². The fourth-order valence-electron chi connectivity index (χ4n) is 4.64. The lowest BCUT2D eigenvalue weighted by Gasteiger charge is -2.37. The Bertz CT molecular complexity index is 856. The van der Waals surface area contributed by atoms with Crippen LogP contribution in [0.1, 0.15) is 35.6 Å². The standard InChI is InChI=1S/C26H33N3O/c1-27(25-15-7-13-23-12-5-6-14-24(23)25)26(30)21-29-19-17-28(18-20-29)16-8-11-22-9-3-2-4-10-22/h2-6,8-12,14,25H,7,13,15-21H2,1H3/b11-8+/t25-/m1/s1. The number of likely N-dealkylation sites (N-methyl/N-ethyl adjacent to an activating group) is 1. The molecule has 158 valence electrons. The van der Waals surface area contributed by atoms with Crippen LogP contribution in [0.15, 0.2) is 60.7 Å². The van der Waals surface area contributed by atoms with Crippen LogP contribution in [0.3, 0.4) is 0 Å². The molecule has 0 spiro atoms. The van der Waals surface area contributed by atoms with Gasteiger partial charge in [0.05, 0.1) is 12.6 Å². The minimum absolute atomic E-state index is 0.229. The number of amides is 1. The van der Waals surface area contributed by atoms with Crippen molar-refractivity contribution in [3.8, 4) is 0 Å². The maximum absolute atomic E-state index is 13.0. The second-order valence-electron chi connectivity index (χ2n) is 8.50. The molecule has 1 aliphatic heterocycles. The zero-order valence-electron chi connectivity index (χ0n) is 18.0. The van der Waals surface area contributed by atoms with Gasteiger partial charge in [0, 0.05) is 39.8 Å². The first-order valence-electron chi connectivity index (χ1n) is 11.2. The molecule has 0 radical (unpaired) electrons. The number of benzene rings is 2. The van der Waals surface area contributed by atoms with Gasteiger partial charge < -0.3 is 4.90 Å². The highest BCUT2D eigenvalue weighted by Gasteiger charge is 2.28. The summed E-state index contributed by atoms with van der Waals surface area (Å²) in [6.07, 6.45) is 7.79. The van der Waals surface area contributed by atoms with E-state index in [1.54, 1.807) is 0 Å². The second-order valence-corrected chi connectivity index (χ2v) is 8.50. The monoisotopic (exact) mass is 403 g/mol. The van der Waals surface area contributed by atoms with Gasteiger partial charge in [-0.2, -0.15) is 0 Å². The lowest BCUT2D eigenvalue weighted by molar-refractivity contribution is -0.134. The molecule has 0 N–H and O–H groups in total. The third-order valence-corrected chi connectivity index (χ3v) is 6.50. The molecule has 2 aromatic rings. The van der Waals surface area contributed by atoms with Crippen LogP contribution in [-0.4, -0.2) is 66.9 Å². The van der Waals surface area contributed by atoms with Crippen LogP contribution < -0.4 is 0 Å². The van der Waals surface area contributed by atoms with Crippen LogP contribution in [0, 0.1) is 0 Å². The minimum Gasteiger partial charge on any atom is -0.338 e. The van der Waals surface area contributed by atoms with Gasteiger partial charge in [0.25, 0.3) is 0 Å². The van der Waals surface area contributed by atoms with E-state index in [1.807, 2.05) is 18.0 Å². The summed E-state index contributed by atoms with van der Waals surface area (Å²) in [5, 5.41) is 0. The van der Waals surface area contributed by atoms with Gasteiger partial charge in [-0.25, -0.2) is 0 Å². The van der Waals surface area contributed by atoms with Crippen molar-refractivity contribution in [3.63, 3.8) is 0 Å². The van der Waals surface area contributed by atoms with Gasteiger partial charge in [0.1, 0.15) is 0 Å². The molecule has 0 bridgehead atoms. The van der Waals surface area contributed by atoms with E-state index in [0.717, 1.165) is 52.0 Å². The zero-order valence-corrected chi connectivity index (χ0v) is 18.0. The molecule has 4 rings (SSSR count). The Labute approximate surface area is 180 Å². The Morgan fingerprint density at radius 2 is 1.70 bits per heavy atom. The summed E-state index contributed by atoms with van der Waals surface area (Å²) >= 11 is 0. The first-order valence-corrected chi connectivity index (χ1v) is 11.2. The van der Waals surface area contributed by atoms with Crippen LogP contribution in [-0.2, 0) is 11.2 Å². The third-order valence-electron chi connectivity index (χ3n) is 6.50. The highest BCUT2D eigenvalue weighted by molar-refractivity contribution is 5.78. The van der Waals surface area contributed by atoms with Crippen LogP contribution in [0.4, 0.5) is 0 Å². The largest absolute Gasteiger partial charge is 0.338 e. The Morgan fingerprint density at radius 1 is 1.00 bits per heavy atom. The third kappa shape index (κ3) is 5.18. The van der Waals surface area contributed by atoms with Crippen LogP contribution >= 0.6 is 0 Å². The quantitative estimate of drug-likeness (QED) is 0.733. The van der Waals surface area contributed by atoms with Gasteiger partial charge in [-0.3, -0.25) is 14.6 Å². The number of carbonyl (C=O) groups is 1. The molecular formula is C26H33N3O. The lowest BCUT2D eigenvalue weighted by atomic mass is 9.87. The maximum atomic E-state index is 13.0. The Balaban J connectivity index is 1.24. The summed E-state index contributed by atoms with van der Waals surface area (Å²) in [5.41, 5.74) is 3.99. The average molecular weight is 404 g/mol. The summed E-state index contributed by atoms with van der Waals surface area (Å²) in [6, 6.07) is 19.3. The fourth-order valence-corrected chi connectivity index (χ4v) is 4.64. The van der Waals surface area contributed by atoms with Crippen LogP contribution in [0.25, 0.3) is 6.08 Å². The topological polar surface area (TPSA) is 26.8 Å². The number of hydrogen-bond acceptors (Lipinski definition) is 3. The summed E-state index contributed by atoms with van der Waals surface area (Å²) in [7, 11) is 1.99. The normalized spacial score (nSPS) is 20.2. The number of hydrogen-bond donors (Lipinski definition) is 0. The molecule has 1 saturated heterocycles. The van der Waals surface area contributed by atoms with Crippen molar-refractivity contribution in [2.45, 2.75) is 25.3 Å². The van der Waals surface area contributed by atoms with Crippen LogP contribution in [0.2, 0.25) is 0 Å². The Hall–Kier alpha value is -2.43. The number of piperazine rings is 1. The highest BCUT2D eigenvalue weighted by Crippen LogP contribution is 2.33. The van der Waals surface area contributed by atoms with E-state index in [1.165, 1.54) is 16.7 Å². The van der Waals surface area contributed by atoms with E-state index in [4.69, 9.17) is 0 Å². The highest BCUT2D eigenvalue weighted by atomic mass is 16.2. The van der Waals surface area contributed by atoms with E-state index in [0.29, 0.717) is 6.54 Å². The number of aryl methyl sites for hydroxylation is 1. The molecule has 30 heavy (non-hydrogen) atoms. The molecule has 0 saturated carbocycles. The minimum atomic E-state index is 0.229. The molecule has 2 aromatic carbocycles. The molecule has 1 amide bonds. The molecule has 0 aromatic heterocycles. The molecule has 4 nitrogen and oxygen atoms in total. The Morgan fingerprint density at radius 3 is 2.50 bits per heavy atom. The van der Waals surface area contributed by atoms with E-state index < -0.39 is 0 Å². The van der Waals surface area contributed by atoms with Gasteiger partial charge in [-0.1, -0.05) is 66.7 Å². The lowest BCUT2D eigenvalue weighted by Crippen LogP contribution is -2.50. The zero-order chi connectivity index (χ0) is 20.8. The predicted octanol–water partition coefficient (Wildman–Crippen LogP) is 3.85. The maximum Gasteiger partial charge on any atom is 0.237 e. The van der Waals surface area contributed by atoms with Crippen molar-refractivity contribution in [2.75, 3.05) is 46.3 Å². The summed E-state index contributed by atoms with van der Waals surface area (Å²) in [5.74, 6) is 0.245. The number of fused-ring (bicyclic) bond motifs is 1. The first-order chi connectivity index (χ1) is 14.7. The van der Waals surface area contributed by atoms with Gasteiger partial charge in [-0.15, -0.1) is 0 Å². The van der Waals surface area contributed by atoms with E-state index in [2.05, 4.69) is 70.5 Å². The average Bonchev–Trinajstić information content (AvgIpc) is 2.80. The summed E-state index contributed by atoms with van der Waals surface area (Å²) < 4.78 is 0. The van der Waals surface area contributed by atoms with Gasteiger partial charge in [0.2, 0.25) is 5.91 Å². The molecule has 1 aliphatic carbocycles. The second kappa shape index (κ2) is 10.1. The molecule has 2 aliphatic rings. The summed E-state index contributed by atoms with van der Waals surface area (Å²) in [4.78, 5) is 19.8. The first kappa shape index (κ1) is 20.8. The SMILES string of the molecule is CN(C(=O)CN1CCN(C/C=C/c2ccccc2)CC1)[C@@H]1CCCc2ccccc21. The van der Waals surface area contributed by atoms with E-state index >= 15 is 0 Å². The molecule has 0 unspecified atom stereocenters. The fraction of sp³-hybridized carbons (Fsp3) is 0.423. The molecule has 4 heteroatoms. The van der Waals surface area contributed by atoms with Crippen molar-refractivity contribution in [2.24, 2.45) is 0 Å². The van der Waals surface area contributed by atoms with Crippen molar-refractivity contribution >= 4 is 12.0 Å². The predicted molar refractivity (Wildman–Crippen MR) is 123 cm³/mol. The molecular weight excluding hydrogens is 370 g/mol. The van der Waals surface area contributed by atoms with Gasteiger partial charge in [0.15, 0.2) is 0 Å². The molecule has 1 heterocycles. The Kier molecular flexibility index (Phi) is 6.98.